The Kier molecular flexibility index (Phi) is 3.77. The highest BCUT2D eigenvalue weighted by Crippen LogP contribution is 2.37. The molecule has 12 heteroatoms. The molecule has 1 fully saturated rings. The summed E-state index contributed by atoms with van der Waals surface area (Å²) >= 11 is 6.09. The summed E-state index contributed by atoms with van der Waals surface area (Å²) in [7, 11) is -4.18. The first-order valence-electron chi connectivity index (χ1n) is 4.98. The Hall–Kier alpha value is -1.56. The van der Waals surface area contributed by atoms with Gasteiger partial charge in [0.15, 0.2) is 4.34 Å². The van der Waals surface area contributed by atoms with Gasteiger partial charge in [-0.15, -0.1) is 11.3 Å². The van der Waals surface area contributed by atoms with E-state index < -0.39 is 49.7 Å². The number of piperazine rings is 1. The Morgan fingerprint density at radius 2 is 1.90 bits per heavy atom. The molecule has 2 amide bonds. The first kappa shape index (κ1) is 14.8. The number of nitrogens with one attached hydrogen (secondary N) is 1. The van der Waals surface area contributed by atoms with Crippen molar-refractivity contribution in [3.63, 3.8) is 0 Å². The summed E-state index contributed by atoms with van der Waals surface area (Å²) in [6.07, 6.45) is 0. The van der Waals surface area contributed by atoms with Gasteiger partial charge in [-0.2, -0.15) is 4.31 Å². The number of carbonyl (C=O) groups is 2. The van der Waals surface area contributed by atoms with Crippen molar-refractivity contribution < 1.29 is 22.9 Å². The van der Waals surface area contributed by atoms with Gasteiger partial charge in [-0.1, -0.05) is 11.6 Å². The van der Waals surface area contributed by atoms with Crippen molar-refractivity contribution in [1.82, 2.24) is 9.62 Å². The van der Waals surface area contributed by atoms with Gasteiger partial charge in [0.05, 0.1) is 18.0 Å². The Labute approximate surface area is 121 Å². The van der Waals surface area contributed by atoms with Crippen LogP contribution in [0.15, 0.2) is 10.3 Å². The number of sulfonamides is 1. The van der Waals surface area contributed by atoms with E-state index in [0.29, 0.717) is 15.6 Å². The number of imide groups is 1. The largest absolute Gasteiger partial charge is 0.300 e. The van der Waals surface area contributed by atoms with Gasteiger partial charge in [-0.25, -0.2) is 8.42 Å². The second kappa shape index (κ2) is 5.09. The van der Waals surface area contributed by atoms with Crippen molar-refractivity contribution in [3.05, 3.63) is 20.5 Å². The monoisotopic (exact) mass is 339 g/mol. The second-order valence-corrected chi connectivity index (χ2v) is 7.54. The molecule has 108 valence electrons. The number of halogens is 1. The zero-order valence-electron chi connectivity index (χ0n) is 9.53. The van der Waals surface area contributed by atoms with Gasteiger partial charge in [-0.3, -0.25) is 25.0 Å². The van der Waals surface area contributed by atoms with Crippen LogP contribution in [0, 0.1) is 10.1 Å². The molecular formula is C8H6ClN3O6S2. The highest BCUT2D eigenvalue weighted by Gasteiger charge is 2.35. The van der Waals surface area contributed by atoms with Crippen LogP contribution in [0.2, 0.25) is 4.34 Å². The molecule has 0 saturated carbocycles. The maximum Gasteiger partial charge on any atom is 0.300 e. The van der Waals surface area contributed by atoms with E-state index in [1.54, 1.807) is 0 Å². The molecule has 1 saturated heterocycles. The van der Waals surface area contributed by atoms with Crippen LogP contribution >= 0.6 is 22.9 Å². The van der Waals surface area contributed by atoms with Gasteiger partial charge in [0, 0.05) is 6.07 Å². The van der Waals surface area contributed by atoms with E-state index in [9.17, 15) is 28.1 Å². The average molecular weight is 340 g/mol. The third kappa shape index (κ3) is 2.65. The second-order valence-electron chi connectivity index (χ2n) is 3.73. The molecule has 1 aromatic rings. The van der Waals surface area contributed by atoms with Gasteiger partial charge in [-0.05, 0) is 0 Å². The average Bonchev–Trinajstić information content (AvgIpc) is 2.70. The summed E-state index contributed by atoms with van der Waals surface area (Å²) < 4.78 is 24.3. The first-order valence-corrected chi connectivity index (χ1v) is 7.62. The number of nitrogens with zero attached hydrogens (tertiary/aromatic N) is 2. The van der Waals surface area contributed by atoms with E-state index in [1.165, 1.54) is 0 Å². The molecule has 0 aromatic carbocycles. The van der Waals surface area contributed by atoms with E-state index in [-0.39, 0.29) is 4.34 Å². The molecule has 2 heterocycles. The van der Waals surface area contributed by atoms with E-state index in [1.807, 2.05) is 5.32 Å². The molecular weight excluding hydrogens is 334 g/mol. The van der Waals surface area contributed by atoms with Crippen molar-refractivity contribution in [1.29, 1.82) is 0 Å². The highest BCUT2D eigenvalue weighted by atomic mass is 35.5. The summed E-state index contributed by atoms with van der Waals surface area (Å²) in [5.41, 5.74) is -0.539. The predicted octanol–water partition coefficient (Wildman–Crippen LogP) is -0.0432. The topological polar surface area (TPSA) is 127 Å². The summed E-state index contributed by atoms with van der Waals surface area (Å²) in [4.78, 5) is 32.2. The third-order valence-corrected chi connectivity index (χ3v) is 5.93. The maximum atomic E-state index is 12.2. The van der Waals surface area contributed by atoms with Crippen molar-refractivity contribution >= 4 is 50.5 Å². The molecule has 0 atom stereocenters. The van der Waals surface area contributed by atoms with Gasteiger partial charge >= 0.3 is 0 Å². The van der Waals surface area contributed by atoms with Crippen LogP contribution in [0.25, 0.3) is 0 Å². The normalized spacial score (nSPS) is 17.1. The Morgan fingerprint density at radius 3 is 2.35 bits per heavy atom. The van der Waals surface area contributed by atoms with Crippen LogP contribution in [-0.2, 0) is 19.6 Å². The van der Waals surface area contributed by atoms with E-state index >= 15 is 0 Å². The number of hydrogen-bond donors (Lipinski definition) is 1. The molecule has 1 aromatic heterocycles. The Bertz CT molecular complexity index is 696. The maximum absolute atomic E-state index is 12.2. The molecule has 1 aliphatic rings. The van der Waals surface area contributed by atoms with Crippen LogP contribution in [0.3, 0.4) is 0 Å². The van der Waals surface area contributed by atoms with Gasteiger partial charge in [0.25, 0.3) is 15.7 Å². The van der Waals surface area contributed by atoms with E-state index in [4.69, 9.17) is 11.6 Å². The fourth-order valence-electron chi connectivity index (χ4n) is 1.50. The van der Waals surface area contributed by atoms with Crippen molar-refractivity contribution in [2.24, 2.45) is 0 Å². The number of thiophene rings is 1. The van der Waals surface area contributed by atoms with Crippen LogP contribution in [0.1, 0.15) is 0 Å². The molecule has 2 rings (SSSR count). The van der Waals surface area contributed by atoms with Crippen LogP contribution in [0.5, 0.6) is 0 Å². The molecule has 0 spiro atoms. The molecule has 1 aliphatic heterocycles. The minimum atomic E-state index is -4.18. The first-order chi connectivity index (χ1) is 9.21. The SMILES string of the molecule is O=C1CN(S(=O)(=O)c2cc([N+](=O)[O-])c(Cl)s2)CC(=O)N1. The van der Waals surface area contributed by atoms with Crippen molar-refractivity contribution in [2.45, 2.75) is 4.21 Å². The summed E-state index contributed by atoms with van der Waals surface area (Å²) in [5, 5.41) is 12.6. The Balaban J connectivity index is 2.40. The minimum absolute atomic E-state index is 0.290. The molecule has 0 radical (unpaired) electrons. The Morgan fingerprint density at radius 1 is 1.35 bits per heavy atom. The lowest BCUT2D eigenvalue weighted by Crippen LogP contribution is -2.53. The number of hydrogen-bond acceptors (Lipinski definition) is 7. The summed E-state index contributed by atoms with van der Waals surface area (Å²) in [6.45, 7) is -1.06. The van der Waals surface area contributed by atoms with Crippen molar-refractivity contribution in [2.75, 3.05) is 13.1 Å². The van der Waals surface area contributed by atoms with Crippen molar-refractivity contribution in [3.8, 4) is 0 Å². The predicted molar refractivity (Wildman–Crippen MR) is 67.9 cm³/mol. The number of carbonyl (C=O) groups excluding carboxylic acids is 2. The minimum Gasteiger partial charge on any atom is -0.294 e. The van der Waals surface area contributed by atoms with E-state index in [0.717, 1.165) is 6.07 Å². The molecule has 0 bridgehead atoms. The quantitative estimate of drug-likeness (QED) is 0.467. The number of amides is 2. The lowest BCUT2D eigenvalue weighted by molar-refractivity contribution is -0.384. The number of rotatable bonds is 3. The molecule has 1 N–H and O–H groups in total. The lowest BCUT2D eigenvalue weighted by atomic mass is 10.4. The fraction of sp³-hybridized carbons (Fsp3) is 0.250. The fourth-order valence-corrected chi connectivity index (χ4v) is 4.67. The van der Waals surface area contributed by atoms with Crippen LogP contribution in [-0.4, -0.2) is 42.6 Å². The van der Waals surface area contributed by atoms with Gasteiger partial charge in [0.1, 0.15) is 4.21 Å². The molecule has 0 aliphatic carbocycles. The zero-order chi connectivity index (χ0) is 15.1. The van der Waals surface area contributed by atoms with Gasteiger partial charge in [0.2, 0.25) is 11.8 Å². The summed E-state index contributed by atoms with van der Waals surface area (Å²) in [6, 6.07) is 0.805. The smallest absolute Gasteiger partial charge is 0.294 e. The lowest BCUT2D eigenvalue weighted by Gasteiger charge is -2.23. The molecule has 20 heavy (non-hydrogen) atoms. The molecule has 9 nitrogen and oxygen atoms in total. The van der Waals surface area contributed by atoms with Crippen LogP contribution < -0.4 is 5.32 Å². The third-order valence-electron chi connectivity index (χ3n) is 2.36. The van der Waals surface area contributed by atoms with E-state index in [2.05, 4.69) is 0 Å². The number of nitro groups is 1. The summed E-state index contributed by atoms with van der Waals surface area (Å²) in [5.74, 6) is -1.52. The van der Waals surface area contributed by atoms with Gasteiger partial charge < -0.3 is 0 Å². The van der Waals surface area contributed by atoms with Crippen LogP contribution in [0.4, 0.5) is 5.69 Å². The standard InChI is InChI=1S/C8H6ClN3O6S2/c9-8-4(12(15)16)1-7(19-8)20(17,18)11-2-5(13)10-6(14)3-11/h1H,2-3H2,(H,10,13,14). The molecule has 0 unspecified atom stereocenters. The highest BCUT2D eigenvalue weighted by molar-refractivity contribution is 7.91. The zero-order valence-corrected chi connectivity index (χ0v) is 11.9.